The zero-order valence-electron chi connectivity index (χ0n) is 7.88. The van der Waals surface area contributed by atoms with E-state index in [9.17, 15) is 12.8 Å². The second-order valence-corrected chi connectivity index (χ2v) is 4.52. The standard InChI is InChI=1S/C8H7FN4O2S/c9-6-3-1-2-4-7(6)16(14,15)13-8-10-5-11-12-8/h1-5H,(H2,10,11,12,13). The average molecular weight is 242 g/mol. The van der Waals surface area contributed by atoms with Gasteiger partial charge in [0.2, 0.25) is 5.95 Å². The number of hydrogen-bond donors (Lipinski definition) is 2. The Morgan fingerprint density at radius 2 is 2.06 bits per heavy atom. The number of benzene rings is 1. The lowest BCUT2D eigenvalue weighted by Crippen LogP contribution is -2.15. The number of H-pyrrole nitrogens is 1. The van der Waals surface area contributed by atoms with Crippen LogP contribution in [0.15, 0.2) is 35.5 Å². The van der Waals surface area contributed by atoms with Gasteiger partial charge in [-0.05, 0) is 12.1 Å². The Morgan fingerprint density at radius 1 is 1.31 bits per heavy atom. The van der Waals surface area contributed by atoms with Crippen LogP contribution in [0.1, 0.15) is 0 Å². The van der Waals surface area contributed by atoms with Crippen molar-refractivity contribution >= 4 is 16.0 Å². The number of aromatic nitrogens is 3. The number of halogens is 1. The molecule has 0 aliphatic carbocycles. The summed E-state index contributed by atoms with van der Waals surface area (Å²) in [6.07, 6.45) is 1.14. The highest BCUT2D eigenvalue weighted by Crippen LogP contribution is 2.15. The Morgan fingerprint density at radius 3 is 2.69 bits per heavy atom. The molecule has 8 heteroatoms. The van der Waals surface area contributed by atoms with Gasteiger partial charge in [-0.3, -0.25) is 0 Å². The zero-order valence-corrected chi connectivity index (χ0v) is 8.70. The largest absolute Gasteiger partial charge is 0.267 e. The van der Waals surface area contributed by atoms with Crippen LogP contribution in [-0.2, 0) is 10.0 Å². The fourth-order valence-electron chi connectivity index (χ4n) is 1.10. The summed E-state index contributed by atoms with van der Waals surface area (Å²) in [5, 5.41) is 5.77. The maximum absolute atomic E-state index is 13.2. The van der Waals surface area contributed by atoms with Gasteiger partial charge in [-0.2, -0.15) is 10.1 Å². The van der Waals surface area contributed by atoms with Crippen LogP contribution in [0.2, 0.25) is 0 Å². The predicted octanol–water partition coefficient (Wildman–Crippen LogP) is 0.745. The molecule has 0 radical (unpaired) electrons. The van der Waals surface area contributed by atoms with Crippen LogP contribution in [0.5, 0.6) is 0 Å². The smallest absolute Gasteiger partial charge is 0.247 e. The van der Waals surface area contributed by atoms with Gasteiger partial charge < -0.3 is 0 Å². The van der Waals surface area contributed by atoms with Gasteiger partial charge in [0, 0.05) is 0 Å². The van der Waals surface area contributed by atoms with E-state index in [1.165, 1.54) is 12.1 Å². The van der Waals surface area contributed by atoms with Gasteiger partial charge in [0.15, 0.2) is 0 Å². The van der Waals surface area contributed by atoms with E-state index in [-0.39, 0.29) is 5.95 Å². The second-order valence-electron chi connectivity index (χ2n) is 2.87. The molecular weight excluding hydrogens is 235 g/mol. The Kier molecular flexibility index (Phi) is 2.57. The van der Waals surface area contributed by atoms with Gasteiger partial charge >= 0.3 is 0 Å². The lowest BCUT2D eigenvalue weighted by molar-refractivity contribution is 0.570. The summed E-state index contributed by atoms with van der Waals surface area (Å²) in [7, 11) is -3.97. The molecule has 2 N–H and O–H groups in total. The molecule has 1 aromatic carbocycles. The van der Waals surface area contributed by atoms with Gasteiger partial charge in [-0.15, -0.1) is 0 Å². The molecule has 1 aromatic heterocycles. The molecule has 1 heterocycles. The van der Waals surface area contributed by atoms with E-state index in [4.69, 9.17) is 0 Å². The van der Waals surface area contributed by atoms with Crippen molar-refractivity contribution in [3.05, 3.63) is 36.4 Å². The van der Waals surface area contributed by atoms with Crippen molar-refractivity contribution in [2.75, 3.05) is 4.72 Å². The number of nitrogens with one attached hydrogen (secondary N) is 2. The predicted molar refractivity (Wildman–Crippen MR) is 53.6 cm³/mol. The van der Waals surface area contributed by atoms with Crippen molar-refractivity contribution in [2.24, 2.45) is 0 Å². The Hall–Kier alpha value is -1.96. The number of sulfonamides is 1. The first kappa shape index (κ1) is 10.6. The van der Waals surface area contributed by atoms with Crippen LogP contribution >= 0.6 is 0 Å². The fourth-order valence-corrected chi connectivity index (χ4v) is 2.14. The number of rotatable bonds is 3. The van der Waals surface area contributed by atoms with Gasteiger partial charge in [-0.25, -0.2) is 22.6 Å². The van der Waals surface area contributed by atoms with E-state index >= 15 is 0 Å². The maximum atomic E-state index is 13.2. The number of aromatic amines is 1. The third-order valence-electron chi connectivity index (χ3n) is 1.77. The van der Waals surface area contributed by atoms with Gasteiger partial charge in [0.1, 0.15) is 17.0 Å². The van der Waals surface area contributed by atoms with Crippen molar-refractivity contribution in [3.8, 4) is 0 Å². The highest BCUT2D eigenvalue weighted by molar-refractivity contribution is 7.92. The van der Waals surface area contributed by atoms with E-state index in [2.05, 4.69) is 19.9 Å². The maximum Gasteiger partial charge on any atom is 0.267 e. The fraction of sp³-hybridized carbons (Fsp3) is 0. The van der Waals surface area contributed by atoms with Gasteiger partial charge in [-0.1, -0.05) is 12.1 Å². The summed E-state index contributed by atoms with van der Waals surface area (Å²) in [5.74, 6) is -0.891. The molecule has 84 valence electrons. The third-order valence-corrected chi connectivity index (χ3v) is 3.14. The SMILES string of the molecule is O=S(=O)(Nc1ncn[nH]1)c1ccccc1F. The second kappa shape index (κ2) is 3.89. The summed E-state index contributed by atoms with van der Waals surface area (Å²) in [4.78, 5) is 3.14. The molecule has 0 saturated carbocycles. The summed E-state index contributed by atoms with van der Waals surface area (Å²) in [5.41, 5.74) is 0. The van der Waals surface area contributed by atoms with E-state index < -0.39 is 20.7 Å². The molecule has 0 saturated heterocycles. The summed E-state index contributed by atoms with van der Waals surface area (Å²) >= 11 is 0. The van der Waals surface area contributed by atoms with Crippen LogP contribution in [0, 0.1) is 5.82 Å². The topological polar surface area (TPSA) is 87.7 Å². The molecule has 0 bridgehead atoms. The molecule has 2 aromatic rings. The molecule has 16 heavy (non-hydrogen) atoms. The lowest BCUT2D eigenvalue weighted by atomic mass is 10.4. The number of hydrogen-bond acceptors (Lipinski definition) is 4. The van der Waals surface area contributed by atoms with E-state index in [0.29, 0.717) is 0 Å². The lowest BCUT2D eigenvalue weighted by Gasteiger charge is -2.05. The Labute approximate surface area is 90.6 Å². The van der Waals surface area contributed by atoms with Crippen molar-refractivity contribution in [2.45, 2.75) is 4.90 Å². The minimum atomic E-state index is -3.97. The number of nitrogens with zero attached hydrogens (tertiary/aromatic N) is 2. The average Bonchev–Trinajstić information content (AvgIpc) is 2.70. The first-order valence-corrected chi connectivity index (χ1v) is 5.70. The van der Waals surface area contributed by atoms with Crippen molar-refractivity contribution in [1.82, 2.24) is 15.2 Å². The van der Waals surface area contributed by atoms with Crippen molar-refractivity contribution in [1.29, 1.82) is 0 Å². The van der Waals surface area contributed by atoms with E-state index in [0.717, 1.165) is 18.5 Å². The first-order chi connectivity index (χ1) is 7.59. The molecule has 0 aliphatic heterocycles. The van der Waals surface area contributed by atoms with Gasteiger partial charge in [0.25, 0.3) is 10.0 Å². The Bertz CT molecular complexity index is 582. The van der Waals surface area contributed by atoms with Crippen molar-refractivity contribution in [3.63, 3.8) is 0 Å². The minimum Gasteiger partial charge on any atom is -0.247 e. The molecule has 0 unspecified atom stereocenters. The Balaban J connectivity index is 2.37. The highest BCUT2D eigenvalue weighted by Gasteiger charge is 2.19. The van der Waals surface area contributed by atoms with Crippen LogP contribution in [0.25, 0.3) is 0 Å². The third kappa shape index (κ3) is 2.01. The first-order valence-electron chi connectivity index (χ1n) is 4.22. The quantitative estimate of drug-likeness (QED) is 0.831. The number of anilines is 1. The van der Waals surface area contributed by atoms with Crippen LogP contribution < -0.4 is 4.72 Å². The normalized spacial score (nSPS) is 11.3. The van der Waals surface area contributed by atoms with Crippen molar-refractivity contribution < 1.29 is 12.8 Å². The molecule has 0 spiro atoms. The van der Waals surface area contributed by atoms with Gasteiger partial charge in [0.05, 0.1) is 0 Å². The summed E-state index contributed by atoms with van der Waals surface area (Å²) < 4.78 is 38.7. The zero-order chi connectivity index (χ0) is 11.6. The highest BCUT2D eigenvalue weighted by atomic mass is 32.2. The monoisotopic (exact) mass is 242 g/mol. The minimum absolute atomic E-state index is 0.0664. The summed E-state index contributed by atoms with van der Waals surface area (Å²) in [6, 6.07) is 5.06. The molecule has 0 aliphatic rings. The van der Waals surface area contributed by atoms with Crippen LogP contribution in [-0.4, -0.2) is 23.6 Å². The summed E-state index contributed by atoms with van der Waals surface area (Å²) in [6.45, 7) is 0. The molecule has 0 atom stereocenters. The van der Waals surface area contributed by atoms with E-state index in [1.54, 1.807) is 0 Å². The van der Waals surface area contributed by atoms with E-state index in [1.807, 2.05) is 0 Å². The molecule has 0 fully saturated rings. The molecule has 0 amide bonds. The van der Waals surface area contributed by atoms with Crippen LogP contribution in [0.3, 0.4) is 0 Å². The molecule has 6 nitrogen and oxygen atoms in total. The molecular formula is C8H7FN4O2S. The molecule has 2 rings (SSSR count). The van der Waals surface area contributed by atoms with Crippen LogP contribution in [0.4, 0.5) is 10.3 Å².